The Labute approximate surface area is 194 Å². The summed E-state index contributed by atoms with van der Waals surface area (Å²) in [5.74, 6) is -2.26. The van der Waals surface area contributed by atoms with Crippen LogP contribution in [0.1, 0.15) is 30.1 Å². The summed E-state index contributed by atoms with van der Waals surface area (Å²) in [4.78, 5) is 57.9. The molecule has 0 unspecified atom stereocenters. The number of hydrogen-bond donors (Lipinski definition) is 2. The van der Waals surface area contributed by atoms with E-state index < -0.39 is 35.3 Å². The summed E-state index contributed by atoms with van der Waals surface area (Å²) in [6.07, 6.45) is -0.499. The molecule has 12 heteroatoms. The molecule has 0 heterocycles. The molecule has 0 radical (unpaired) electrons. The normalized spacial score (nSPS) is 10.1. The van der Waals surface area contributed by atoms with E-state index in [1.54, 1.807) is 6.92 Å². The maximum atomic E-state index is 12.0. The topological polar surface area (TPSA) is 163 Å². The Hall–Kier alpha value is -4.48. The quantitative estimate of drug-likeness (QED) is 0.284. The van der Waals surface area contributed by atoms with Crippen molar-refractivity contribution in [1.82, 2.24) is 0 Å². The van der Waals surface area contributed by atoms with Crippen molar-refractivity contribution in [3.63, 3.8) is 0 Å². The Morgan fingerprint density at radius 2 is 1.65 bits per heavy atom. The Morgan fingerprint density at radius 3 is 2.26 bits per heavy atom. The summed E-state index contributed by atoms with van der Waals surface area (Å²) in [6, 6.07) is 9.83. The van der Waals surface area contributed by atoms with E-state index in [0.29, 0.717) is 17.0 Å². The lowest BCUT2D eigenvalue weighted by atomic mass is 10.2. The maximum Gasteiger partial charge on any atom is 0.338 e. The molecule has 0 aliphatic heterocycles. The third kappa shape index (κ3) is 7.89. The molecule has 2 amide bonds. The summed E-state index contributed by atoms with van der Waals surface area (Å²) >= 11 is 0. The van der Waals surface area contributed by atoms with Crippen LogP contribution < -0.4 is 15.4 Å². The largest absolute Gasteiger partial charge is 0.497 e. The van der Waals surface area contributed by atoms with Crippen molar-refractivity contribution in [1.29, 1.82) is 0 Å². The summed E-state index contributed by atoms with van der Waals surface area (Å²) in [5.41, 5.74) is 0.290. The number of nitrogens with one attached hydrogen (secondary N) is 2. The van der Waals surface area contributed by atoms with Gasteiger partial charge in [0.25, 0.3) is 11.6 Å². The van der Waals surface area contributed by atoms with Crippen molar-refractivity contribution in [3.05, 3.63) is 58.1 Å². The molecular formula is C22H23N3O9. The van der Waals surface area contributed by atoms with Crippen LogP contribution in [0.25, 0.3) is 0 Å². The van der Waals surface area contributed by atoms with Gasteiger partial charge in [-0.05, 0) is 37.3 Å². The third-order valence-electron chi connectivity index (χ3n) is 4.27. The molecule has 0 saturated heterocycles. The van der Waals surface area contributed by atoms with Crippen LogP contribution in [0, 0.1) is 10.1 Å². The molecule has 0 fully saturated rings. The standard InChI is InChI=1S/C22H23N3O9/c1-3-33-22(29)14-4-6-15(7-5-14)23-19(26)10-11-21(28)34-13-20(27)24-17-12-16(32-2)8-9-18(17)25(30)31/h4-9,12H,3,10-11,13H2,1-2H3,(H,23,26)(H,24,27). The minimum Gasteiger partial charge on any atom is -0.497 e. The summed E-state index contributed by atoms with van der Waals surface area (Å²) in [5, 5.41) is 15.9. The third-order valence-corrected chi connectivity index (χ3v) is 4.27. The maximum absolute atomic E-state index is 12.0. The van der Waals surface area contributed by atoms with Gasteiger partial charge >= 0.3 is 11.9 Å². The van der Waals surface area contributed by atoms with E-state index in [0.717, 1.165) is 0 Å². The van der Waals surface area contributed by atoms with Gasteiger partial charge in [0.2, 0.25) is 5.91 Å². The molecule has 34 heavy (non-hydrogen) atoms. The van der Waals surface area contributed by atoms with Crippen LogP contribution in [0.15, 0.2) is 42.5 Å². The number of methoxy groups -OCH3 is 1. The van der Waals surface area contributed by atoms with Crippen LogP contribution in [0.5, 0.6) is 5.75 Å². The molecule has 12 nitrogen and oxygen atoms in total. The fourth-order valence-electron chi connectivity index (χ4n) is 2.65. The highest BCUT2D eigenvalue weighted by atomic mass is 16.6. The van der Waals surface area contributed by atoms with Crippen molar-refractivity contribution in [2.24, 2.45) is 0 Å². The molecule has 0 spiro atoms. The molecule has 2 aromatic rings. The van der Waals surface area contributed by atoms with Crippen LogP contribution >= 0.6 is 0 Å². The van der Waals surface area contributed by atoms with Crippen molar-refractivity contribution in [2.75, 3.05) is 31.0 Å². The van der Waals surface area contributed by atoms with Gasteiger partial charge in [-0.1, -0.05) is 0 Å². The van der Waals surface area contributed by atoms with E-state index >= 15 is 0 Å². The Morgan fingerprint density at radius 1 is 0.941 bits per heavy atom. The second-order valence-electron chi connectivity index (χ2n) is 6.70. The number of ether oxygens (including phenoxy) is 3. The molecule has 2 rings (SSSR count). The van der Waals surface area contributed by atoms with Crippen molar-refractivity contribution in [3.8, 4) is 5.75 Å². The van der Waals surface area contributed by atoms with Gasteiger partial charge in [-0.25, -0.2) is 4.79 Å². The van der Waals surface area contributed by atoms with Gasteiger partial charge in [-0.2, -0.15) is 0 Å². The first-order valence-electron chi connectivity index (χ1n) is 10.1. The highest BCUT2D eigenvalue weighted by molar-refractivity contribution is 5.96. The number of anilines is 2. The van der Waals surface area contributed by atoms with Gasteiger partial charge in [-0.15, -0.1) is 0 Å². The first-order chi connectivity index (χ1) is 16.2. The molecule has 0 saturated carbocycles. The number of nitro groups is 1. The van der Waals surface area contributed by atoms with Crippen LogP contribution in [0.3, 0.4) is 0 Å². The predicted octanol–water partition coefficient (Wildman–Crippen LogP) is 2.68. The molecule has 0 bridgehead atoms. The molecule has 180 valence electrons. The fraction of sp³-hybridized carbons (Fsp3) is 0.273. The van der Waals surface area contributed by atoms with E-state index in [-0.39, 0.29) is 30.8 Å². The number of carbonyl (C=O) groups excluding carboxylic acids is 4. The van der Waals surface area contributed by atoms with E-state index in [2.05, 4.69) is 10.6 Å². The van der Waals surface area contributed by atoms with Gasteiger partial charge < -0.3 is 24.8 Å². The first-order valence-corrected chi connectivity index (χ1v) is 10.1. The monoisotopic (exact) mass is 473 g/mol. The van der Waals surface area contributed by atoms with Gasteiger partial charge in [0.15, 0.2) is 6.61 Å². The van der Waals surface area contributed by atoms with Crippen LogP contribution in [-0.4, -0.2) is 49.0 Å². The number of nitro benzene ring substituents is 1. The average Bonchev–Trinajstić information content (AvgIpc) is 2.81. The number of carbonyl (C=O) groups is 4. The fourth-order valence-corrected chi connectivity index (χ4v) is 2.65. The Balaban J connectivity index is 1.78. The first kappa shape index (κ1) is 25.8. The summed E-state index contributed by atoms with van der Waals surface area (Å²) in [6.45, 7) is 1.25. The Kier molecular flexibility index (Phi) is 9.50. The Bertz CT molecular complexity index is 1070. The minimum absolute atomic E-state index is 0.112. The van der Waals surface area contributed by atoms with Crippen LogP contribution in [-0.2, 0) is 23.9 Å². The molecule has 2 aromatic carbocycles. The molecule has 2 N–H and O–H groups in total. The van der Waals surface area contributed by atoms with Crippen molar-refractivity contribution >= 4 is 40.8 Å². The highest BCUT2D eigenvalue weighted by Gasteiger charge is 2.18. The van der Waals surface area contributed by atoms with E-state index in [1.165, 1.54) is 49.6 Å². The number of hydrogen-bond acceptors (Lipinski definition) is 9. The van der Waals surface area contributed by atoms with Crippen molar-refractivity contribution < 1.29 is 38.3 Å². The number of rotatable bonds is 11. The lowest BCUT2D eigenvalue weighted by Crippen LogP contribution is -2.22. The minimum atomic E-state index is -0.803. The van der Waals surface area contributed by atoms with E-state index in [4.69, 9.17) is 14.2 Å². The zero-order chi connectivity index (χ0) is 25.1. The zero-order valence-corrected chi connectivity index (χ0v) is 18.5. The highest BCUT2D eigenvalue weighted by Crippen LogP contribution is 2.28. The second kappa shape index (κ2) is 12.5. The predicted molar refractivity (Wildman–Crippen MR) is 119 cm³/mol. The summed E-state index contributed by atoms with van der Waals surface area (Å²) < 4.78 is 14.7. The molecule has 0 aliphatic rings. The van der Waals surface area contributed by atoms with Gasteiger partial charge in [-0.3, -0.25) is 24.5 Å². The van der Waals surface area contributed by atoms with Gasteiger partial charge in [0, 0.05) is 24.2 Å². The van der Waals surface area contributed by atoms with Crippen LogP contribution in [0.4, 0.5) is 17.1 Å². The second-order valence-corrected chi connectivity index (χ2v) is 6.70. The average molecular weight is 473 g/mol. The van der Waals surface area contributed by atoms with Gasteiger partial charge in [0.05, 0.1) is 30.6 Å². The molecular weight excluding hydrogens is 450 g/mol. The number of esters is 2. The summed E-state index contributed by atoms with van der Waals surface area (Å²) in [7, 11) is 1.36. The van der Waals surface area contributed by atoms with E-state index in [9.17, 15) is 29.3 Å². The number of amides is 2. The smallest absolute Gasteiger partial charge is 0.338 e. The molecule has 0 aliphatic carbocycles. The van der Waals surface area contributed by atoms with E-state index in [1.807, 2.05) is 0 Å². The molecule has 0 aromatic heterocycles. The SMILES string of the molecule is CCOC(=O)c1ccc(NC(=O)CCC(=O)OCC(=O)Nc2cc(OC)ccc2[N+](=O)[O-])cc1. The number of benzene rings is 2. The van der Waals surface area contributed by atoms with Gasteiger partial charge in [0.1, 0.15) is 11.4 Å². The lowest BCUT2D eigenvalue weighted by Gasteiger charge is -2.09. The lowest BCUT2D eigenvalue weighted by molar-refractivity contribution is -0.383. The van der Waals surface area contributed by atoms with Crippen molar-refractivity contribution in [2.45, 2.75) is 19.8 Å². The number of nitrogens with zero attached hydrogens (tertiary/aromatic N) is 1. The zero-order valence-electron chi connectivity index (χ0n) is 18.5. The molecule has 0 atom stereocenters. The van der Waals surface area contributed by atoms with Crippen LogP contribution in [0.2, 0.25) is 0 Å².